The van der Waals surface area contributed by atoms with Crippen LogP contribution in [0.1, 0.15) is 11.4 Å². The Morgan fingerprint density at radius 3 is 2.52 bits per heavy atom. The molecule has 31 heavy (non-hydrogen) atoms. The number of fused-ring (bicyclic) bond motifs is 1. The Labute approximate surface area is 182 Å². The van der Waals surface area contributed by atoms with E-state index in [9.17, 15) is 0 Å². The number of aromatic nitrogens is 3. The summed E-state index contributed by atoms with van der Waals surface area (Å²) >= 11 is 0. The molecular formula is C25H27N5O. The molecule has 158 valence electrons. The number of rotatable bonds is 5. The van der Waals surface area contributed by atoms with Crippen molar-refractivity contribution in [3.8, 4) is 11.4 Å². The Hall–Kier alpha value is -3.38. The molecule has 0 saturated carbocycles. The van der Waals surface area contributed by atoms with Gasteiger partial charge in [0.05, 0.1) is 11.4 Å². The fourth-order valence-electron chi connectivity index (χ4n) is 4.11. The first-order valence-electron chi connectivity index (χ1n) is 10.7. The largest absolute Gasteiger partial charge is 0.487 e. The molecule has 0 radical (unpaired) electrons. The minimum Gasteiger partial charge on any atom is -0.487 e. The zero-order valence-corrected chi connectivity index (χ0v) is 18.0. The Balaban J connectivity index is 1.37. The van der Waals surface area contributed by atoms with Crippen LogP contribution in [0.2, 0.25) is 0 Å². The molecule has 1 aliphatic rings. The Bertz CT molecular complexity index is 1180. The van der Waals surface area contributed by atoms with Crippen LogP contribution in [-0.2, 0) is 6.61 Å². The zero-order chi connectivity index (χ0) is 21.2. The van der Waals surface area contributed by atoms with Gasteiger partial charge in [-0.15, -0.1) is 5.10 Å². The van der Waals surface area contributed by atoms with Crippen LogP contribution in [0.4, 0.5) is 5.69 Å². The lowest BCUT2D eigenvalue weighted by Crippen LogP contribution is -2.44. The second-order valence-corrected chi connectivity index (χ2v) is 8.11. The van der Waals surface area contributed by atoms with E-state index in [1.807, 2.05) is 48.0 Å². The van der Waals surface area contributed by atoms with Crippen molar-refractivity contribution in [3.05, 3.63) is 78.1 Å². The molecule has 0 atom stereocenters. The molecule has 0 N–H and O–H groups in total. The predicted molar refractivity (Wildman–Crippen MR) is 124 cm³/mol. The number of hydrogen-bond donors (Lipinski definition) is 0. The van der Waals surface area contributed by atoms with Gasteiger partial charge in [0.2, 0.25) is 0 Å². The Kier molecular flexibility index (Phi) is 5.30. The average Bonchev–Trinajstić information content (AvgIpc) is 3.18. The molecule has 0 spiro atoms. The summed E-state index contributed by atoms with van der Waals surface area (Å²) in [5.74, 6) is 0.850. The Morgan fingerprint density at radius 1 is 0.903 bits per heavy atom. The molecule has 0 amide bonds. The van der Waals surface area contributed by atoms with Crippen molar-refractivity contribution >= 4 is 16.5 Å². The fourth-order valence-corrected chi connectivity index (χ4v) is 4.11. The summed E-state index contributed by atoms with van der Waals surface area (Å²) in [6, 6.07) is 22.9. The lowest BCUT2D eigenvalue weighted by molar-refractivity contribution is 0.300. The van der Waals surface area contributed by atoms with Crippen LogP contribution in [0.3, 0.4) is 0 Å². The van der Waals surface area contributed by atoms with E-state index in [1.165, 1.54) is 16.5 Å². The molecule has 0 bridgehead atoms. The third-order valence-corrected chi connectivity index (χ3v) is 6.04. The molecule has 1 aliphatic heterocycles. The highest BCUT2D eigenvalue weighted by atomic mass is 16.5. The lowest BCUT2D eigenvalue weighted by Gasteiger charge is -2.34. The lowest BCUT2D eigenvalue weighted by atomic mass is 10.1. The van der Waals surface area contributed by atoms with E-state index < -0.39 is 0 Å². The number of ether oxygens (including phenoxy) is 1. The summed E-state index contributed by atoms with van der Waals surface area (Å²) in [6.07, 6.45) is 0. The first-order chi connectivity index (χ1) is 15.2. The van der Waals surface area contributed by atoms with E-state index in [-0.39, 0.29) is 0 Å². The fraction of sp³-hybridized carbons (Fsp3) is 0.280. The number of piperazine rings is 1. The molecule has 1 aromatic heterocycles. The van der Waals surface area contributed by atoms with Crippen LogP contribution in [0, 0.1) is 6.92 Å². The summed E-state index contributed by atoms with van der Waals surface area (Å²) in [6.45, 7) is 6.68. The molecule has 0 aliphatic carbocycles. The van der Waals surface area contributed by atoms with Gasteiger partial charge in [0.15, 0.2) is 0 Å². The molecule has 1 fully saturated rings. The van der Waals surface area contributed by atoms with Gasteiger partial charge in [0.25, 0.3) is 0 Å². The second-order valence-electron chi connectivity index (χ2n) is 8.11. The molecule has 6 nitrogen and oxygen atoms in total. The van der Waals surface area contributed by atoms with Gasteiger partial charge < -0.3 is 14.5 Å². The van der Waals surface area contributed by atoms with E-state index in [0.717, 1.165) is 49.0 Å². The maximum Gasteiger partial charge on any atom is 0.134 e. The highest BCUT2D eigenvalue weighted by molar-refractivity contribution is 5.95. The van der Waals surface area contributed by atoms with Crippen molar-refractivity contribution in [1.82, 2.24) is 19.9 Å². The predicted octanol–water partition coefficient (Wildman–Crippen LogP) is 4.06. The van der Waals surface area contributed by atoms with Crippen LogP contribution in [0.25, 0.3) is 16.5 Å². The normalized spacial score (nSPS) is 14.8. The van der Waals surface area contributed by atoms with Gasteiger partial charge in [-0.05, 0) is 49.7 Å². The maximum atomic E-state index is 6.15. The molecule has 5 rings (SSSR count). The van der Waals surface area contributed by atoms with Gasteiger partial charge in [-0.3, -0.25) is 0 Å². The van der Waals surface area contributed by atoms with E-state index in [2.05, 4.69) is 57.5 Å². The van der Waals surface area contributed by atoms with E-state index in [0.29, 0.717) is 6.61 Å². The molecule has 0 unspecified atom stereocenters. The standard InChI is InChI=1S/C25H27N5O/c1-19-24(26-27-30(19)21-8-4-3-5-9-21)18-31-22-12-11-20-7-6-10-25(23(20)17-22)29-15-13-28(2)14-16-29/h3-12,17H,13-16,18H2,1-2H3. The molecule has 1 saturated heterocycles. The van der Waals surface area contributed by atoms with Gasteiger partial charge in [-0.2, -0.15) is 0 Å². The molecular weight excluding hydrogens is 386 g/mol. The van der Waals surface area contributed by atoms with Crippen molar-refractivity contribution in [2.24, 2.45) is 0 Å². The summed E-state index contributed by atoms with van der Waals surface area (Å²) in [7, 11) is 2.18. The van der Waals surface area contributed by atoms with Crippen LogP contribution >= 0.6 is 0 Å². The number of hydrogen-bond acceptors (Lipinski definition) is 5. The quantitative estimate of drug-likeness (QED) is 0.494. The molecule has 3 aromatic carbocycles. The number of anilines is 1. The van der Waals surface area contributed by atoms with E-state index in [4.69, 9.17) is 4.74 Å². The monoisotopic (exact) mass is 413 g/mol. The third kappa shape index (κ3) is 3.99. The topological polar surface area (TPSA) is 46.4 Å². The van der Waals surface area contributed by atoms with Gasteiger partial charge in [-0.1, -0.05) is 41.6 Å². The number of para-hydroxylation sites is 1. The highest BCUT2D eigenvalue weighted by Crippen LogP contribution is 2.31. The van der Waals surface area contributed by atoms with Crippen molar-refractivity contribution in [3.63, 3.8) is 0 Å². The minimum absolute atomic E-state index is 0.390. The average molecular weight is 414 g/mol. The van der Waals surface area contributed by atoms with Gasteiger partial charge >= 0.3 is 0 Å². The summed E-state index contributed by atoms with van der Waals surface area (Å²) in [5, 5.41) is 11.1. The molecule has 2 heterocycles. The number of likely N-dealkylation sites (N-methyl/N-ethyl adjacent to an activating group) is 1. The minimum atomic E-state index is 0.390. The van der Waals surface area contributed by atoms with Crippen molar-refractivity contribution in [1.29, 1.82) is 0 Å². The molecule has 6 heteroatoms. The first kappa shape index (κ1) is 19.6. The van der Waals surface area contributed by atoms with Crippen molar-refractivity contribution < 1.29 is 4.74 Å². The third-order valence-electron chi connectivity index (χ3n) is 6.04. The van der Waals surface area contributed by atoms with Crippen LogP contribution < -0.4 is 9.64 Å². The van der Waals surface area contributed by atoms with Crippen molar-refractivity contribution in [2.75, 3.05) is 38.1 Å². The summed E-state index contributed by atoms with van der Waals surface area (Å²) in [5.41, 5.74) is 4.12. The van der Waals surface area contributed by atoms with Crippen LogP contribution in [-0.4, -0.2) is 53.1 Å². The van der Waals surface area contributed by atoms with Crippen LogP contribution in [0.5, 0.6) is 5.75 Å². The Morgan fingerprint density at radius 2 is 1.71 bits per heavy atom. The van der Waals surface area contributed by atoms with Gasteiger partial charge in [-0.25, -0.2) is 4.68 Å². The summed E-state index contributed by atoms with van der Waals surface area (Å²) in [4.78, 5) is 4.85. The van der Waals surface area contributed by atoms with E-state index in [1.54, 1.807) is 0 Å². The summed E-state index contributed by atoms with van der Waals surface area (Å²) < 4.78 is 8.00. The van der Waals surface area contributed by atoms with Gasteiger partial charge in [0, 0.05) is 37.3 Å². The van der Waals surface area contributed by atoms with Crippen LogP contribution in [0.15, 0.2) is 66.7 Å². The number of benzene rings is 3. The SMILES string of the molecule is Cc1c(COc2ccc3cccc(N4CCN(C)CC4)c3c2)nnn1-c1ccccc1. The maximum absolute atomic E-state index is 6.15. The van der Waals surface area contributed by atoms with E-state index >= 15 is 0 Å². The zero-order valence-electron chi connectivity index (χ0n) is 18.0. The number of nitrogens with zero attached hydrogens (tertiary/aromatic N) is 5. The van der Waals surface area contributed by atoms with Crippen molar-refractivity contribution in [2.45, 2.75) is 13.5 Å². The molecule has 4 aromatic rings. The van der Waals surface area contributed by atoms with Gasteiger partial charge in [0.1, 0.15) is 18.1 Å². The highest BCUT2D eigenvalue weighted by Gasteiger charge is 2.17. The second kappa shape index (κ2) is 8.40. The first-order valence-corrected chi connectivity index (χ1v) is 10.7. The smallest absolute Gasteiger partial charge is 0.134 e.